The zero-order valence-corrected chi connectivity index (χ0v) is 6.20. The molecule has 0 saturated heterocycles. The van der Waals surface area contributed by atoms with Gasteiger partial charge in [0.1, 0.15) is 0 Å². The van der Waals surface area contributed by atoms with Crippen LogP contribution in [-0.4, -0.2) is 15.9 Å². The molecular formula is C5H9O4P. The van der Waals surface area contributed by atoms with Crippen molar-refractivity contribution in [1.29, 1.82) is 0 Å². The molecule has 0 saturated carbocycles. The predicted octanol–water partition coefficient (Wildman–Crippen LogP) is 0.814. The Morgan fingerprint density at radius 1 is 1.60 bits per heavy atom. The molecule has 1 atom stereocenters. The highest BCUT2D eigenvalue weighted by Gasteiger charge is 2.21. The Hall–Kier alpha value is -0.150. The number of hydrogen-bond acceptors (Lipinski definition) is 2. The molecule has 2 N–H and O–H groups in total. The third-order valence-electron chi connectivity index (χ3n) is 1.24. The van der Waals surface area contributed by atoms with Crippen molar-refractivity contribution in [3.8, 4) is 0 Å². The summed E-state index contributed by atoms with van der Waals surface area (Å²) >= 11 is 0. The van der Waals surface area contributed by atoms with Crippen molar-refractivity contribution in [2.45, 2.75) is 18.9 Å². The van der Waals surface area contributed by atoms with E-state index in [1.165, 1.54) is 0 Å². The highest BCUT2D eigenvalue weighted by atomic mass is 31.2. The van der Waals surface area contributed by atoms with Gasteiger partial charge in [0, 0.05) is 0 Å². The summed E-state index contributed by atoms with van der Waals surface area (Å²) in [6.45, 7) is 0. The molecule has 0 spiro atoms. The van der Waals surface area contributed by atoms with Crippen LogP contribution in [0.2, 0.25) is 0 Å². The first-order valence-electron chi connectivity index (χ1n) is 2.98. The quantitative estimate of drug-likeness (QED) is 0.468. The van der Waals surface area contributed by atoms with E-state index in [-0.39, 0.29) is 6.10 Å². The van der Waals surface area contributed by atoms with Gasteiger partial charge in [0.15, 0.2) is 0 Å². The van der Waals surface area contributed by atoms with Gasteiger partial charge in [-0.3, -0.25) is 4.52 Å². The van der Waals surface area contributed by atoms with Crippen LogP contribution in [0.3, 0.4) is 0 Å². The largest absolute Gasteiger partial charge is 0.470 e. The molecule has 0 fully saturated rings. The fourth-order valence-corrected chi connectivity index (χ4v) is 1.40. The lowest BCUT2D eigenvalue weighted by Crippen LogP contribution is -2.03. The topological polar surface area (TPSA) is 66.8 Å². The SMILES string of the molecule is O=P(O)(O)OC1C=CCC1. The maximum atomic E-state index is 10.2. The zero-order valence-electron chi connectivity index (χ0n) is 5.30. The summed E-state index contributed by atoms with van der Waals surface area (Å²) < 4.78 is 14.6. The van der Waals surface area contributed by atoms with Crippen LogP contribution in [0, 0.1) is 0 Å². The van der Waals surface area contributed by atoms with Crippen molar-refractivity contribution >= 4 is 7.82 Å². The van der Waals surface area contributed by atoms with E-state index in [0.29, 0.717) is 6.42 Å². The Labute approximate surface area is 58.8 Å². The van der Waals surface area contributed by atoms with Gasteiger partial charge in [0.2, 0.25) is 0 Å². The number of phosphoric acid groups is 1. The lowest BCUT2D eigenvalue weighted by atomic mass is 10.3. The summed E-state index contributed by atoms with van der Waals surface area (Å²) in [4.78, 5) is 16.7. The second-order valence-corrected chi connectivity index (χ2v) is 3.33. The van der Waals surface area contributed by atoms with E-state index in [1.807, 2.05) is 6.08 Å². The van der Waals surface area contributed by atoms with Gasteiger partial charge in [-0.05, 0) is 12.8 Å². The Morgan fingerprint density at radius 3 is 2.70 bits per heavy atom. The molecule has 0 aromatic heterocycles. The molecule has 0 bridgehead atoms. The van der Waals surface area contributed by atoms with Crippen molar-refractivity contribution in [3.63, 3.8) is 0 Å². The molecule has 5 heteroatoms. The lowest BCUT2D eigenvalue weighted by Gasteiger charge is -2.09. The van der Waals surface area contributed by atoms with Gasteiger partial charge in [-0.1, -0.05) is 12.2 Å². The van der Waals surface area contributed by atoms with Gasteiger partial charge >= 0.3 is 7.82 Å². The van der Waals surface area contributed by atoms with E-state index in [2.05, 4.69) is 4.52 Å². The van der Waals surface area contributed by atoms with Crippen molar-refractivity contribution in [2.75, 3.05) is 0 Å². The molecule has 1 aliphatic rings. The summed E-state index contributed by atoms with van der Waals surface area (Å²) in [6, 6.07) is 0. The first kappa shape index (κ1) is 7.95. The first-order valence-corrected chi connectivity index (χ1v) is 4.51. The first-order chi connectivity index (χ1) is 4.58. The third kappa shape index (κ3) is 2.62. The molecule has 0 aliphatic heterocycles. The second-order valence-electron chi connectivity index (χ2n) is 2.14. The Morgan fingerprint density at radius 2 is 2.30 bits per heavy atom. The summed E-state index contributed by atoms with van der Waals surface area (Å²) in [5.41, 5.74) is 0. The fourth-order valence-electron chi connectivity index (χ4n) is 0.869. The average molecular weight is 164 g/mol. The van der Waals surface area contributed by atoms with Crippen LogP contribution in [-0.2, 0) is 9.09 Å². The Balaban J connectivity index is 2.39. The fraction of sp³-hybridized carbons (Fsp3) is 0.600. The zero-order chi connectivity index (χ0) is 7.61. The van der Waals surface area contributed by atoms with E-state index < -0.39 is 7.82 Å². The van der Waals surface area contributed by atoms with Gasteiger partial charge in [-0.2, -0.15) is 0 Å². The molecular weight excluding hydrogens is 155 g/mol. The standard InChI is InChI=1S/C5H9O4P/c6-10(7,8)9-5-3-1-2-4-5/h1,3,5H,2,4H2,(H2,6,7,8). The van der Waals surface area contributed by atoms with Gasteiger partial charge in [0.25, 0.3) is 0 Å². The summed E-state index contributed by atoms with van der Waals surface area (Å²) in [5.74, 6) is 0. The smallest absolute Gasteiger partial charge is 0.303 e. The summed E-state index contributed by atoms with van der Waals surface area (Å²) in [6.07, 6.45) is 4.63. The molecule has 1 rings (SSSR count). The summed E-state index contributed by atoms with van der Waals surface area (Å²) in [7, 11) is -4.27. The highest BCUT2D eigenvalue weighted by molar-refractivity contribution is 7.46. The van der Waals surface area contributed by atoms with Crippen LogP contribution in [0.15, 0.2) is 12.2 Å². The van der Waals surface area contributed by atoms with Gasteiger partial charge in [0.05, 0.1) is 6.10 Å². The normalized spacial score (nSPS) is 25.6. The van der Waals surface area contributed by atoms with E-state index in [1.54, 1.807) is 6.08 Å². The summed E-state index contributed by atoms with van der Waals surface area (Å²) in [5, 5.41) is 0. The van der Waals surface area contributed by atoms with Crippen LogP contribution < -0.4 is 0 Å². The molecule has 0 aromatic carbocycles. The average Bonchev–Trinajstić information content (AvgIpc) is 2.12. The van der Waals surface area contributed by atoms with E-state index in [9.17, 15) is 4.57 Å². The number of rotatable bonds is 2. The van der Waals surface area contributed by atoms with E-state index in [4.69, 9.17) is 9.79 Å². The molecule has 4 nitrogen and oxygen atoms in total. The molecule has 58 valence electrons. The van der Waals surface area contributed by atoms with Crippen molar-refractivity contribution in [2.24, 2.45) is 0 Å². The molecule has 0 heterocycles. The predicted molar refractivity (Wildman–Crippen MR) is 35.3 cm³/mol. The number of allylic oxidation sites excluding steroid dienone is 1. The van der Waals surface area contributed by atoms with E-state index in [0.717, 1.165) is 6.42 Å². The minimum atomic E-state index is -4.27. The van der Waals surface area contributed by atoms with Crippen LogP contribution in [0.5, 0.6) is 0 Å². The molecule has 0 aromatic rings. The molecule has 1 aliphatic carbocycles. The van der Waals surface area contributed by atoms with Gasteiger partial charge in [-0.25, -0.2) is 4.57 Å². The van der Waals surface area contributed by atoms with Crippen LogP contribution in [0.25, 0.3) is 0 Å². The number of phosphoric ester groups is 1. The minimum absolute atomic E-state index is 0.388. The molecule has 10 heavy (non-hydrogen) atoms. The van der Waals surface area contributed by atoms with Crippen molar-refractivity contribution in [1.82, 2.24) is 0 Å². The van der Waals surface area contributed by atoms with Gasteiger partial charge in [-0.15, -0.1) is 0 Å². The van der Waals surface area contributed by atoms with Crippen molar-refractivity contribution < 1.29 is 18.9 Å². The number of hydrogen-bond donors (Lipinski definition) is 2. The second kappa shape index (κ2) is 2.84. The lowest BCUT2D eigenvalue weighted by molar-refractivity contribution is 0.161. The molecule has 0 amide bonds. The van der Waals surface area contributed by atoms with Gasteiger partial charge < -0.3 is 9.79 Å². The Kier molecular flexibility index (Phi) is 2.26. The monoisotopic (exact) mass is 164 g/mol. The van der Waals surface area contributed by atoms with Crippen molar-refractivity contribution in [3.05, 3.63) is 12.2 Å². The van der Waals surface area contributed by atoms with Crippen LogP contribution in [0.4, 0.5) is 0 Å². The minimum Gasteiger partial charge on any atom is -0.303 e. The van der Waals surface area contributed by atoms with Crippen LogP contribution >= 0.6 is 7.82 Å². The molecule has 1 unspecified atom stereocenters. The van der Waals surface area contributed by atoms with Crippen LogP contribution in [0.1, 0.15) is 12.8 Å². The maximum absolute atomic E-state index is 10.2. The maximum Gasteiger partial charge on any atom is 0.470 e. The third-order valence-corrected chi connectivity index (χ3v) is 1.79. The highest BCUT2D eigenvalue weighted by Crippen LogP contribution is 2.39. The Bertz CT molecular complexity index is 182. The van der Waals surface area contributed by atoms with E-state index >= 15 is 0 Å². The molecule has 0 radical (unpaired) electrons.